The molecular formula is C17H25NO4. The van der Waals surface area contributed by atoms with Gasteiger partial charge in [0.2, 0.25) is 0 Å². The fourth-order valence-corrected chi connectivity index (χ4v) is 2.26. The van der Waals surface area contributed by atoms with E-state index >= 15 is 0 Å². The van der Waals surface area contributed by atoms with Gasteiger partial charge in [0.1, 0.15) is 17.6 Å². The molecule has 1 fully saturated rings. The highest BCUT2D eigenvalue weighted by molar-refractivity contribution is 5.80. The molecule has 22 heavy (non-hydrogen) atoms. The summed E-state index contributed by atoms with van der Waals surface area (Å²) in [7, 11) is 5.01. The fraction of sp³-hybridized carbons (Fsp3) is 0.588. The van der Waals surface area contributed by atoms with Crippen molar-refractivity contribution in [1.29, 1.82) is 0 Å². The molecule has 0 aliphatic heterocycles. The van der Waals surface area contributed by atoms with Gasteiger partial charge in [-0.15, -0.1) is 0 Å². The largest absolute Gasteiger partial charge is 0.497 e. The van der Waals surface area contributed by atoms with Gasteiger partial charge in [-0.25, -0.2) is 0 Å². The molecule has 1 atom stereocenters. The van der Waals surface area contributed by atoms with Crippen LogP contribution in [0.1, 0.15) is 25.3 Å². The summed E-state index contributed by atoms with van der Waals surface area (Å²) in [6.07, 6.45) is 2.04. The Morgan fingerprint density at radius 2 is 2.05 bits per heavy atom. The summed E-state index contributed by atoms with van der Waals surface area (Å²) >= 11 is 0. The lowest BCUT2D eigenvalue weighted by atomic mass is 10.1. The fourth-order valence-electron chi connectivity index (χ4n) is 2.26. The second-order valence-electron chi connectivity index (χ2n) is 5.79. The monoisotopic (exact) mass is 307 g/mol. The van der Waals surface area contributed by atoms with E-state index in [1.165, 1.54) is 12.8 Å². The van der Waals surface area contributed by atoms with E-state index in [4.69, 9.17) is 14.2 Å². The Hall–Kier alpha value is -1.75. The summed E-state index contributed by atoms with van der Waals surface area (Å²) in [6, 6.07) is 5.60. The van der Waals surface area contributed by atoms with Crippen molar-refractivity contribution in [3.63, 3.8) is 0 Å². The van der Waals surface area contributed by atoms with Gasteiger partial charge in [-0.2, -0.15) is 0 Å². The molecule has 0 N–H and O–H groups in total. The highest BCUT2D eigenvalue weighted by Crippen LogP contribution is 2.29. The number of amides is 1. The first kappa shape index (κ1) is 16.6. The third-order valence-corrected chi connectivity index (χ3v) is 3.90. The van der Waals surface area contributed by atoms with Crippen LogP contribution in [0.15, 0.2) is 18.2 Å². The van der Waals surface area contributed by atoms with Gasteiger partial charge < -0.3 is 19.1 Å². The number of likely N-dealkylation sites (N-methyl/N-ethyl adjacent to an activating group) is 1. The van der Waals surface area contributed by atoms with E-state index in [9.17, 15) is 4.79 Å². The average Bonchev–Trinajstić information content (AvgIpc) is 3.36. The standard InChI is InChI=1S/C17H25NO4/c1-12(22-11-13-5-6-13)17(19)18(2)10-14-7-8-15(20-3)9-16(14)21-4/h7-9,12-13H,5-6,10-11H2,1-4H3. The van der Waals surface area contributed by atoms with Crippen molar-refractivity contribution in [2.24, 2.45) is 5.92 Å². The first-order chi connectivity index (χ1) is 10.5. The molecule has 5 heteroatoms. The van der Waals surface area contributed by atoms with Crippen LogP contribution in [0.3, 0.4) is 0 Å². The average molecular weight is 307 g/mol. The first-order valence-electron chi connectivity index (χ1n) is 7.62. The Kier molecular flexibility index (Phi) is 5.66. The van der Waals surface area contributed by atoms with Gasteiger partial charge >= 0.3 is 0 Å². The second kappa shape index (κ2) is 7.49. The number of rotatable bonds is 8. The molecule has 1 amide bonds. The third kappa shape index (κ3) is 4.37. The summed E-state index contributed by atoms with van der Waals surface area (Å²) in [6.45, 7) is 2.97. The number of carbonyl (C=O) groups excluding carboxylic acids is 1. The van der Waals surface area contributed by atoms with Crippen LogP contribution < -0.4 is 9.47 Å². The van der Waals surface area contributed by atoms with Crippen molar-refractivity contribution in [3.8, 4) is 11.5 Å². The smallest absolute Gasteiger partial charge is 0.251 e. The zero-order valence-electron chi connectivity index (χ0n) is 13.8. The molecule has 1 aromatic rings. The van der Waals surface area contributed by atoms with Gasteiger partial charge in [0, 0.05) is 25.2 Å². The Bertz CT molecular complexity index is 513. The van der Waals surface area contributed by atoms with E-state index in [1.807, 2.05) is 25.1 Å². The summed E-state index contributed by atoms with van der Waals surface area (Å²) in [4.78, 5) is 14.0. The Labute approximate surface area is 132 Å². The molecule has 1 aromatic carbocycles. The van der Waals surface area contributed by atoms with Gasteiger partial charge in [-0.1, -0.05) is 0 Å². The van der Waals surface area contributed by atoms with Crippen molar-refractivity contribution >= 4 is 5.91 Å². The lowest BCUT2D eigenvalue weighted by Gasteiger charge is -2.22. The van der Waals surface area contributed by atoms with Crippen LogP contribution in [-0.4, -0.2) is 44.8 Å². The second-order valence-corrected chi connectivity index (χ2v) is 5.79. The summed E-state index contributed by atoms with van der Waals surface area (Å²) < 4.78 is 16.2. The van der Waals surface area contributed by atoms with Gasteiger partial charge in [-0.3, -0.25) is 4.79 Å². The van der Waals surface area contributed by atoms with E-state index < -0.39 is 6.10 Å². The van der Waals surface area contributed by atoms with Crippen molar-refractivity contribution in [2.75, 3.05) is 27.9 Å². The number of hydrogen-bond acceptors (Lipinski definition) is 4. The quantitative estimate of drug-likeness (QED) is 0.740. The molecule has 0 aromatic heterocycles. The molecule has 2 rings (SSSR count). The van der Waals surface area contributed by atoms with Crippen LogP contribution in [0.2, 0.25) is 0 Å². The molecule has 5 nitrogen and oxygen atoms in total. The number of ether oxygens (including phenoxy) is 3. The number of nitrogens with zero attached hydrogens (tertiary/aromatic N) is 1. The van der Waals surface area contributed by atoms with E-state index in [1.54, 1.807) is 26.2 Å². The molecule has 1 aliphatic carbocycles. The highest BCUT2D eigenvalue weighted by Gasteiger charge is 2.25. The van der Waals surface area contributed by atoms with E-state index in [0.29, 0.717) is 24.8 Å². The predicted octanol–water partition coefficient (Wildman–Crippen LogP) is 2.48. The molecule has 0 saturated heterocycles. The molecule has 122 valence electrons. The molecule has 1 saturated carbocycles. The van der Waals surface area contributed by atoms with Crippen LogP contribution in [0.5, 0.6) is 11.5 Å². The number of carbonyl (C=O) groups is 1. The van der Waals surface area contributed by atoms with Crippen LogP contribution >= 0.6 is 0 Å². The normalized spacial score (nSPS) is 15.3. The Morgan fingerprint density at radius 3 is 2.64 bits per heavy atom. The van der Waals surface area contributed by atoms with Gasteiger partial charge in [0.15, 0.2) is 0 Å². The summed E-state index contributed by atoms with van der Waals surface area (Å²) in [5.74, 6) is 2.09. The highest BCUT2D eigenvalue weighted by atomic mass is 16.5. The van der Waals surface area contributed by atoms with Gasteiger partial charge in [0.25, 0.3) is 5.91 Å². The van der Waals surface area contributed by atoms with Crippen molar-refractivity contribution in [1.82, 2.24) is 4.90 Å². The van der Waals surface area contributed by atoms with Gasteiger partial charge in [-0.05, 0) is 37.8 Å². The zero-order valence-corrected chi connectivity index (χ0v) is 13.8. The number of hydrogen-bond donors (Lipinski definition) is 0. The van der Waals surface area contributed by atoms with Crippen LogP contribution in [-0.2, 0) is 16.1 Å². The minimum absolute atomic E-state index is 0.0153. The van der Waals surface area contributed by atoms with Crippen molar-refractivity contribution in [3.05, 3.63) is 23.8 Å². The summed E-state index contributed by atoms with van der Waals surface area (Å²) in [5, 5.41) is 0. The Balaban J connectivity index is 1.94. The lowest BCUT2D eigenvalue weighted by Crippen LogP contribution is -2.36. The maximum absolute atomic E-state index is 12.3. The maximum atomic E-state index is 12.3. The van der Waals surface area contributed by atoms with Crippen LogP contribution in [0.4, 0.5) is 0 Å². The zero-order chi connectivity index (χ0) is 16.1. The number of benzene rings is 1. The predicted molar refractivity (Wildman–Crippen MR) is 84.2 cm³/mol. The number of methoxy groups -OCH3 is 2. The maximum Gasteiger partial charge on any atom is 0.251 e. The van der Waals surface area contributed by atoms with Crippen LogP contribution in [0, 0.1) is 5.92 Å². The molecule has 0 bridgehead atoms. The minimum Gasteiger partial charge on any atom is -0.497 e. The van der Waals surface area contributed by atoms with E-state index in [-0.39, 0.29) is 5.91 Å². The summed E-state index contributed by atoms with van der Waals surface area (Å²) in [5.41, 5.74) is 0.938. The SMILES string of the molecule is COc1ccc(CN(C)C(=O)C(C)OCC2CC2)c(OC)c1. The lowest BCUT2D eigenvalue weighted by molar-refractivity contribution is -0.142. The topological polar surface area (TPSA) is 48.0 Å². The molecule has 0 heterocycles. The molecular weight excluding hydrogens is 282 g/mol. The van der Waals surface area contributed by atoms with Gasteiger partial charge in [0.05, 0.1) is 20.8 Å². The minimum atomic E-state index is -0.408. The first-order valence-corrected chi connectivity index (χ1v) is 7.62. The van der Waals surface area contributed by atoms with Crippen molar-refractivity contribution in [2.45, 2.75) is 32.4 Å². The van der Waals surface area contributed by atoms with Crippen molar-refractivity contribution < 1.29 is 19.0 Å². The van der Waals surface area contributed by atoms with E-state index in [2.05, 4.69) is 0 Å². The molecule has 1 unspecified atom stereocenters. The third-order valence-electron chi connectivity index (χ3n) is 3.90. The van der Waals surface area contributed by atoms with E-state index in [0.717, 1.165) is 11.3 Å². The van der Waals surface area contributed by atoms with Crippen LogP contribution in [0.25, 0.3) is 0 Å². The molecule has 0 spiro atoms. The molecule has 0 radical (unpaired) electrons. The Morgan fingerprint density at radius 1 is 1.32 bits per heavy atom. The molecule has 1 aliphatic rings.